The lowest BCUT2D eigenvalue weighted by molar-refractivity contribution is 0.512. The van der Waals surface area contributed by atoms with Gasteiger partial charge in [0.25, 0.3) is 0 Å². The molecule has 4 N–H and O–H groups in total. The van der Waals surface area contributed by atoms with E-state index >= 15 is 0 Å². The van der Waals surface area contributed by atoms with E-state index in [4.69, 9.17) is 11.1 Å². The van der Waals surface area contributed by atoms with Crippen LogP contribution >= 0.6 is 0 Å². The van der Waals surface area contributed by atoms with E-state index < -0.39 is 0 Å². The molecule has 0 atom stereocenters. The van der Waals surface area contributed by atoms with E-state index in [2.05, 4.69) is 0 Å². The first-order valence-corrected chi connectivity index (χ1v) is 3.60. The number of nitrogens with two attached hydrogens (primary N) is 1. The highest BCUT2D eigenvalue weighted by Crippen LogP contribution is 2.11. The van der Waals surface area contributed by atoms with Crippen LogP contribution in [0, 0.1) is 11.2 Å². The molecule has 0 fully saturated rings. The maximum absolute atomic E-state index is 12.4. The molecule has 0 saturated heterocycles. The van der Waals surface area contributed by atoms with Gasteiger partial charge >= 0.3 is 0 Å². The molecule has 1 rings (SSSR count). The Balaban J connectivity index is 2.96. The minimum Gasteiger partial charge on any atom is -0.507 e. The molecule has 3 nitrogen and oxygen atoms in total. The minimum atomic E-state index is -0.376. The fourth-order valence-corrected chi connectivity index (χ4v) is 0.851. The van der Waals surface area contributed by atoms with Crippen molar-refractivity contribution >= 4 is 11.6 Å². The summed E-state index contributed by atoms with van der Waals surface area (Å²) in [5.41, 5.74) is 5.46. The van der Waals surface area contributed by atoms with Crippen LogP contribution in [0.25, 0.3) is 5.76 Å². The zero-order valence-electron chi connectivity index (χ0n) is 6.79. The minimum absolute atomic E-state index is 0.146. The van der Waals surface area contributed by atoms with E-state index in [-0.39, 0.29) is 17.4 Å². The van der Waals surface area contributed by atoms with Gasteiger partial charge in [-0.1, -0.05) is 0 Å². The number of hydrogen-bond donors (Lipinski definition) is 3. The van der Waals surface area contributed by atoms with Gasteiger partial charge in [-0.2, -0.15) is 0 Å². The lowest BCUT2D eigenvalue weighted by atomic mass is 10.2. The van der Waals surface area contributed by atoms with Gasteiger partial charge in [-0.15, -0.1) is 0 Å². The van der Waals surface area contributed by atoms with E-state index in [0.717, 1.165) is 6.08 Å². The molecule has 4 heteroatoms. The highest BCUT2D eigenvalue weighted by molar-refractivity contribution is 5.94. The third-order valence-corrected chi connectivity index (χ3v) is 1.43. The Hall–Kier alpha value is -1.84. The standard InChI is InChI=1S/C9H9FN2O/c10-7-3-1-6(2-4-7)8(13)5-9(11)12/h1-5,13H,(H3,11,12)/b8-5-. The highest BCUT2D eigenvalue weighted by Gasteiger charge is 1.98. The maximum atomic E-state index is 12.4. The molecule has 0 unspecified atom stereocenters. The molecule has 68 valence electrons. The normalized spacial score (nSPS) is 11.3. The SMILES string of the molecule is N=C(N)/C=C(\O)c1ccc(F)cc1. The van der Waals surface area contributed by atoms with Crippen LogP contribution in [0.5, 0.6) is 0 Å². The van der Waals surface area contributed by atoms with Crippen molar-refractivity contribution in [2.24, 2.45) is 5.73 Å². The molecule has 0 aliphatic heterocycles. The van der Waals surface area contributed by atoms with Crippen molar-refractivity contribution in [3.05, 3.63) is 41.7 Å². The number of amidine groups is 1. The van der Waals surface area contributed by atoms with Crippen molar-refractivity contribution in [3.8, 4) is 0 Å². The lowest BCUT2D eigenvalue weighted by Crippen LogP contribution is -2.05. The Labute approximate surface area is 74.8 Å². The van der Waals surface area contributed by atoms with E-state index in [1.54, 1.807) is 0 Å². The summed E-state index contributed by atoms with van der Waals surface area (Å²) in [6.07, 6.45) is 1.09. The van der Waals surface area contributed by atoms with Crippen LogP contribution in [-0.4, -0.2) is 10.9 Å². The van der Waals surface area contributed by atoms with Gasteiger partial charge in [0.1, 0.15) is 17.4 Å². The molecule has 0 amide bonds. The second-order valence-corrected chi connectivity index (χ2v) is 2.49. The van der Waals surface area contributed by atoms with Crippen LogP contribution in [-0.2, 0) is 0 Å². The fraction of sp³-hybridized carbons (Fsp3) is 0. The number of hydrogen-bond acceptors (Lipinski definition) is 2. The number of rotatable bonds is 2. The number of aliphatic hydroxyl groups is 1. The van der Waals surface area contributed by atoms with Crippen molar-refractivity contribution in [1.29, 1.82) is 5.41 Å². The summed E-state index contributed by atoms with van der Waals surface area (Å²) in [5, 5.41) is 16.2. The van der Waals surface area contributed by atoms with Gasteiger partial charge in [0, 0.05) is 11.6 Å². The molecule has 0 saturated carbocycles. The second kappa shape index (κ2) is 3.71. The Bertz CT molecular complexity index is 343. The van der Waals surface area contributed by atoms with Gasteiger partial charge in [0.2, 0.25) is 0 Å². The molecule has 0 aliphatic carbocycles. The van der Waals surface area contributed by atoms with Gasteiger partial charge in [-0.05, 0) is 24.3 Å². The zero-order valence-corrected chi connectivity index (χ0v) is 6.79. The van der Waals surface area contributed by atoms with Crippen LogP contribution in [0.3, 0.4) is 0 Å². The summed E-state index contributed by atoms with van der Waals surface area (Å²) < 4.78 is 12.4. The van der Waals surface area contributed by atoms with Crippen LogP contribution in [0.15, 0.2) is 30.3 Å². The Morgan fingerprint density at radius 1 is 1.38 bits per heavy atom. The van der Waals surface area contributed by atoms with Crippen molar-refractivity contribution in [2.45, 2.75) is 0 Å². The Kier molecular flexibility index (Phi) is 2.64. The van der Waals surface area contributed by atoms with Crippen molar-refractivity contribution < 1.29 is 9.50 Å². The molecule has 0 bridgehead atoms. The summed E-state index contributed by atoms with van der Waals surface area (Å²) in [6.45, 7) is 0. The quantitative estimate of drug-likeness (QED) is 0.368. The molecular formula is C9H9FN2O. The topological polar surface area (TPSA) is 70.1 Å². The highest BCUT2D eigenvalue weighted by atomic mass is 19.1. The first-order chi connectivity index (χ1) is 6.09. The second-order valence-electron chi connectivity index (χ2n) is 2.49. The molecule has 0 aliphatic rings. The smallest absolute Gasteiger partial charge is 0.126 e. The van der Waals surface area contributed by atoms with Crippen molar-refractivity contribution in [3.63, 3.8) is 0 Å². The number of nitrogens with one attached hydrogen (secondary N) is 1. The first kappa shape index (κ1) is 9.25. The van der Waals surface area contributed by atoms with Crippen LogP contribution < -0.4 is 5.73 Å². The predicted molar refractivity (Wildman–Crippen MR) is 48.9 cm³/mol. The van der Waals surface area contributed by atoms with Gasteiger partial charge in [-0.25, -0.2) is 4.39 Å². The van der Waals surface area contributed by atoms with Gasteiger partial charge in [-0.3, -0.25) is 5.41 Å². The number of aliphatic hydroxyl groups excluding tert-OH is 1. The number of benzene rings is 1. The summed E-state index contributed by atoms with van der Waals surface area (Å²) in [6, 6.07) is 5.26. The van der Waals surface area contributed by atoms with Crippen molar-refractivity contribution in [2.75, 3.05) is 0 Å². The van der Waals surface area contributed by atoms with E-state index in [0.29, 0.717) is 5.56 Å². The molecule has 0 aromatic heterocycles. The fourth-order valence-electron chi connectivity index (χ4n) is 0.851. The van der Waals surface area contributed by atoms with Crippen LogP contribution in [0.2, 0.25) is 0 Å². The largest absolute Gasteiger partial charge is 0.507 e. The van der Waals surface area contributed by atoms with Gasteiger partial charge in [0.15, 0.2) is 0 Å². The molecular weight excluding hydrogens is 171 g/mol. The molecule has 1 aromatic rings. The van der Waals surface area contributed by atoms with Gasteiger partial charge in [0.05, 0.1) is 0 Å². The number of halogens is 1. The summed E-state index contributed by atoms with van der Waals surface area (Å²) in [5.74, 6) is -0.770. The summed E-state index contributed by atoms with van der Waals surface area (Å²) in [7, 11) is 0. The Morgan fingerprint density at radius 2 is 1.92 bits per heavy atom. The molecule has 13 heavy (non-hydrogen) atoms. The van der Waals surface area contributed by atoms with Crippen LogP contribution in [0.1, 0.15) is 5.56 Å². The summed E-state index contributed by atoms with van der Waals surface area (Å²) in [4.78, 5) is 0. The van der Waals surface area contributed by atoms with Gasteiger partial charge < -0.3 is 10.8 Å². The summed E-state index contributed by atoms with van der Waals surface area (Å²) >= 11 is 0. The van der Waals surface area contributed by atoms with E-state index in [9.17, 15) is 9.50 Å². The predicted octanol–water partition coefficient (Wildman–Crippen LogP) is 1.66. The third kappa shape index (κ3) is 2.59. The maximum Gasteiger partial charge on any atom is 0.126 e. The van der Waals surface area contributed by atoms with Crippen molar-refractivity contribution in [1.82, 2.24) is 0 Å². The third-order valence-electron chi connectivity index (χ3n) is 1.43. The van der Waals surface area contributed by atoms with Crippen LogP contribution in [0.4, 0.5) is 4.39 Å². The monoisotopic (exact) mass is 180 g/mol. The zero-order chi connectivity index (χ0) is 9.84. The first-order valence-electron chi connectivity index (χ1n) is 3.60. The molecule has 0 radical (unpaired) electrons. The Morgan fingerprint density at radius 3 is 2.38 bits per heavy atom. The lowest BCUT2D eigenvalue weighted by Gasteiger charge is -1.98. The molecule has 1 aromatic carbocycles. The average molecular weight is 180 g/mol. The average Bonchev–Trinajstić information content (AvgIpc) is 2.04. The van der Waals surface area contributed by atoms with E-state index in [1.807, 2.05) is 0 Å². The molecule has 0 spiro atoms. The molecule has 0 heterocycles. The van der Waals surface area contributed by atoms with E-state index in [1.165, 1.54) is 24.3 Å².